The molecule has 0 aliphatic rings. The van der Waals surface area contributed by atoms with Gasteiger partial charge in [0, 0.05) is 23.0 Å². The van der Waals surface area contributed by atoms with Gasteiger partial charge in [0.15, 0.2) is 6.29 Å². The number of benzene rings is 1. The summed E-state index contributed by atoms with van der Waals surface area (Å²) in [7, 11) is 1.81. The quantitative estimate of drug-likeness (QED) is 0.838. The zero-order chi connectivity index (χ0) is 11.5. The van der Waals surface area contributed by atoms with Crippen LogP contribution in [0.3, 0.4) is 0 Å². The number of carbonyl (C=O) groups is 1. The van der Waals surface area contributed by atoms with Gasteiger partial charge in [0.05, 0.1) is 10.6 Å². The van der Waals surface area contributed by atoms with Crippen molar-refractivity contribution in [3.63, 3.8) is 0 Å². The molecular formula is C12H10ClNOS. The second-order valence-corrected chi connectivity index (χ2v) is 4.58. The van der Waals surface area contributed by atoms with Crippen molar-refractivity contribution in [3.05, 3.63) is 40.2 Å². The van der Waals surface area contributed by atoms with Crippen LogP contribution in [-0.2, 0) is 0 Å². The van der Waals surface area contributed by atoms with E-state index in [0.29, 0.717) is 10.6 Å². The van der Waals surface area contributed by atoms with Crippen molar-refractivity contribution in [2.24, 2.45) is 0 Å². The second kappa shape index (κ2) is 4.68. The Kier molecular flexibility index (Phi) is 3.27. The third kappa shape index (κ3) is 1.96. The molecule has 2 rings (SSSR count). The Morgan fingerprint density at radius 3 is 2.56 bits per heavy atom. The highest BCUT2D eigenvalue weighted by Gasteiger charge is 2.11. The van der Waals surface area contributed by atoms with Crippen LogP contribution in [0.25, 0.3) is 11.1 Å². The number of thiophene rings is 1. The van der Waals surface area contributed by atoms with E-state index in [4.69, 9.17) is 11.6 Å². The molecule has 0 bridgehead atoms. The van der Waals surface area contributed by atoms with Gasteiger partial charge in [-0.25, -0.2) is 0 Å². The van der Waals surface area contributed by atoms with E-state index in [2.05, 4.69) is 5.32 Å². The monoisotopic (exact) mass is 251 g/mol. The number of halogens is 1. The van der Waals surface area contributed by atoms with Crippen molar-refractivity contribution in [1.82, 2.24) is 0 Å². The van der Waals surface area contributed by atoms with E-state index in [-0.39, 0.29) is 0 Å². The number of hydrogen-bond donors (Lipinski definition) is 1. The molecule has 0 spiro atoms. The third-order valence-electron chi connectivity index (χ3n) is 2.33. The maximum absolute atomic E-state index is 11.0. The fraction of sp³-hybridized carbons (Fsp3) is 0.0833. The zero-order valence-electron chi connectivity index (χ0n) is 8.66. The van der Waals surface area contributed by atoms with E-state index in [1.807, 2.05) is 36.7 Å². The van der Waals surface area contributed by atoms with Crippen molar-refractivity contribution in [2.45, 2.75) is 0 Å². The molecule has 0 radical (unpaired) electrons. The Morgan fingerprint density at radius 2 is 2.00 bits per heavy atom. The molecule has 2 aromatic rings. The number of aldehydes is 1. The lowest BCUT2D eigenvalue weighted by molar-refractivity contribution is 0.112. The van der Waals surface area contributed by atoms with Crippen LogP contribution >= 0.6 is 22.9 Å². The Bertz CT molecular complexity index is 504. The van der Waals surface area contributed by atoms with Gasteiger partial charge in [0.25, 0.3) is 0 Å². The molecule has 1 N–H and O–H groups in total. The molecule has 0 fully saturated rings. The molecule has 0 aliphatic carbocycles. The summed E-state index contributed by atoms with van der Waals surface area (Å²) in [6, 6.07) is 7.47. The van der Waals surface area contributed by atoms with Crippen molar-refractivity contribution < 1.29 is 4.79 Å². The fourth-order valence-corrected chi connectivity index (χ4v) is 2.56. The van der Waals surface area contributed by atoms with Crippen LogP contribution in [0.2, 0.25) is 5.02 Å². The third-order valence-corrected chi connectivity index (χ3v) is 3.59. The molecule has 1 heterocycles. The lowest BCUT2D eigenvalue weighted by Gasteiger charge is -2.01. The largest absolute Gasteiger partial charge is 0.379 e. The Labute approximate surface area is 103 Å². The molecule has 1 aromatic heterocycles. The van der Waals surface area contributed by atoms with E-state index < -0.39 is 0 Å². The minimum absolute atomic E-state index is 0.695. The SMILES string of the molecule is CNc1scc(-c2ccc(Cl)cc2)c1C=O. The van der Waals surface area contributed by atoms with Crippen LogP contribution in [-0.4, -0.2) is 13.3 Å². The molecule has 0 unspecified atom stereocenters. The first kappa shape index (κ1) is 11.2. The average molecular weight is 252 g/mol. The Balaban J connectivity index is 2.51. The molecule has 0 aliphatic heterocycles. The Hall–Kier alpha value is -1.32. The summed E-state index contributed by atoms with van der Waals surface area (Å²) in [4.78, 5) is 11.0. The minimum Gasteiger partial charge on any atom is -0.379 e. The highest BCUT2D eigenvalue weighted by molar-refractivity contribution is 7.15. The second-order valence-electron chi connectivity index (χ2n) is 3.27. The van der Waals surface area contributed by atoms with E-state index >= 15 is 0 Å². The first-order valence-electron chi connectivity index (χ1n) is 4.76. The van der Waals surface area contributed by atoms with Crippen molar-refractivity contribution >= 4 is 34.2 Å². The van der Waals surface area contributed by atoms with Crippen molar-refractivity contribution in [1.29, 1.82) is 0 Å². The number of carbonyl (C=O) groups excluding carboxylic acids is 1. The number of hydrogen-bond acceptors (Lipinski definition) is 3. The summed E-state index contributed by atoms with van der Waals surface area (Å²) in [6.45, 7) is 0. The average Bonchev–Trinajstić information content (AvgIpc) is 2.72. The molecule has 1 aromatic carbocycles. The number of nitrogens with one attached hydrogen (secondary N) is 1. The van der Waals surface area contributed by atoms with Crippen LogP contribution < -0.4 is 5.32 Å². The van der Waals surface area contributed by atoms with Crippen LogP contribution in [0, 0.1) is 0 Å². The van der Waals surface area contributed by atoms with E-state index in [9.17, 15) is 4.79 Å². The van der Waals surface area contributed by atoms with Crippen LogP contribution in [0.15, 0.2) is 29.6 Å². The molecule has 0 saturated carbocycles. The molecule has 4 heteroatoms. The zero-order valence-corrected chi connectivity index (χ0v) is 10.2. The highest BCUT2D eigenvalue weighted by Crippen LogP contribution is 2.34. The predicted molar refractivity (Wildman–Crippen MR) is 69.7 cm³/mol. The summed E-state index contributed by atoms with van der Waals surface area (Å²) in [5.74, 6) is 0. The molecule has 2 nitrogen and oxygen atoms in total. The summed E-state index contributed by atoms with van der Waals surface area (Å²) in [5, 5.41) is 6.56. The summed E-state index contributed by atoms with van der Waals surface area (Å²) in [6.07, 6.45) is 0.881. The molecule has 0 saturated heterocycles. The summed E-state index contributed by atoms with van der Waals surface area (Å²) in [5.41, 5.74) is 2.65. The van der Waals surface area contributed by atoms with E-state index in [0.717, 1.165) is 22.4 Å². The molecule has 82 valence electrons. The van der Waals surface area contributed by atoms with Gasteiger partial charge in [-0.2, -0.15) is 0 Å². The number of anilines is 1. The van der Waals surface area contributed by atoms with Gasteiger partial charge < -0.3 is 5.32 Å². The minimum atomic E-state index is 0.695. The maximum atomic E-state index is 11.0. The van der Waals surface area contributed by atoms with E-state index in [1.54, 1.807) is 0 Å². The summed E-state index contributed by atoms with van der Waals surface area (Å²) < 4.78 is 0. The van der Waals surface area contributed by atoms with Gasteiger partial charge in [-0.1, -0.05) is 23.7 Å². The molecule has 16 heavy (non-hydrogen) atoms. The van der Waals surface area contributed by atoms with Crippen LogP contribution in [0.5, 0.6) is 0 Å². The number of rotatable bonds is 3. The first-order valence-corrected chi connectivity index (χ1v) is 6.02. The molecular weight excluding hydrogens is 242 g/mol. The lowest BCUT2D eigenvalue weighted by Crippen LogP contribution is -1.90. The Morgan fingerprint density at radius 1 is 1.31 bits per heavy atom. The maximum Gasteiger partial charge on any atom is 0.153 e. The highest BCUT2D eigenvalue weighted by atomic mass is 35.5. The lowest BCUT2D eigenvalue weighted by atomic mass is 10.1. The first-order chi connectivity index (χ1) is 7.76. The van der Waals surface area contributed by atoms with Gasteiger partial charge in [-0.05, 0) is 17.7 Å². The van der Waals surface area contributed by atoms with Gasteiger partial charge in [0.2, 0.25) is 0 Å². The van der Waals surface area contributed by atoms with Crippen LogP contribution in [0.4, 0.5) is 5.00 Å². The van der Waals surface area contributed by atoms with Crippen molar-refractivity contribution in [3.8, 4) is 11.1 Å². The molecule has 0 atom stereocenters. The molecule has 0 amide bonds. The van der Waals surface area contributed by atoms with Crippen LogP contribution in [0.1, 0.15) is 10.4 Å². The standard InChI is InChI=1S/C12H10ClNOS/c1-14-12-10(6-15)11(7-16-12)8-2-4-9(13)5-3-8/h2-7,14H,1H3. The fourth-order valence-electron chi connectivity index (χ4n) is 1.53. The predicted octanol–water partition coefficient (Wildman–Crippen LogP) is 3.92. The smallest absolute Gasteiger partial charge is 0.153 e. The van der Waals surface area contributed by atoms with Gasteiger partial charge in [-0.3, -0.25) is 4.79 Å². The van der Waals surface area contributed by atoms with Crippen molar-refractivity contribution in [2.75, 3.05) is 12.4 Å². The van der Waals surface area contributed by atoms with E-state index in [1.165, 1.54) is 11.3 Å². The van der Waals surface area contributed by atoms with Gasteiger partial charge >= 0.3 is 0 Å². The summed E-state index contributed by atoms with van der Waals surface area (Å²) >= 11 is 7.35. The van der Waals surface area contributed by atoms with Gasteiger partial charge in [-0.15, -0.1) is 11.3 Å². The topological polar surface area (TPSA) is 29.1 Å². The normalized spacial score (nSPS) is 10.1. The van der Waals surface area contributed by atoms with Gasteiger partial charge in [0.1, 0.15) is 0 Å².